The lowest BCUT2D eigenvalue weighted by Crippen LogP contribution is -2.16. The number of nitrogens with zero attached hydrogens (tertiary/aromatic N) is 2. The van der Waals surface area contributed by atoms with Crippen molar-refractivity contribution in [1.82, 2.24) is 0 Å². The van der Waals surface area contributed by atoms with Gasteiger partial charge in [0.2, 0.25) is 0 Å². The highest BCUT2D eigenvalue weighted by Crippen LogP contribution is 2.52. The van der Waals surface area contributed by atoms with Crippen LogP contribution < -0.4 is 9.80 Å². The van der Waals surface area contributed by atoms with Gasteiger partial charge in [-0.25, -0.2) is 0 Å². The highest BCUT2D eigenvalue weighted by molar-refractivity contribution is 6.22. The Kier molecular flexibility index (Phi) is 8.20. The van der Waals surface area contributed by atoms with Crippen molar-refractivity contribution in [3.05, 3.63) is 230 Å². The Labute approximate surface area is 345 Å². The van der Waals surface area contributed by atoms with E-state index in [0.29, 0.717) is 0 Å². The molecule has 0 N–H and O–H groups in total. The summed E-state index contributed by atoms with van der Waals surface area (Å²) in [5.41, 5.74) is 14.6. The summed E-state index contributed by atoms with van der Waals surface area (Å²) in [6.07, 6.45) is 0. The van der Waals surface area contributed by atoms with Crippen LogP contribution in [0.2, 0.25) is 0 Å². The largest absolute Gasteiger partial charge is 0.310 e. The first kappa shape index (κ1) is 34.8. The van der Waals surface area contributed by atoms with Crippen LogP contribution in [0.15, 0.2) is 218 Å². The lowest BCUT2D eigenvalue weighted by Gasteiger charge is -2.30. The summed E-state index contributed by atoms with van der Waals surface area (Å²) in [6.45, 7) is 4.70. The molecular formula is C57H42N2. The van der Waals surface area contributed by atoms with Gasteiger partial charge in [0.05, 0.1) is 5.69 Å². The zero-order chi connectivity index (χ0) is 39.5. The molecule has 0 aliphatic heterocycles. The summed E-state index contributed by atoms with van der Waals surface area (Å²) in [4.78, 5) is 4.84. The molecule has 10 aromatic carbocycles. The fourth-order valence-corrected chi connectivity index (χ4v) is 9.59. The minimum absolute atomic E-state index is 0.0905. The molecule has 0 radical (unpaired) electrons. The monoisotopic (exact) mass is 754 g/mol. The Bertz CT molecular complexity index is 3130. The predicted molar refractivity (Wildman–Crippen MR) is 251 cm³/mol. The maximum atomic E-state index is 2.44. The zero-order valence-electron chi connectivity index (χ0n) is 33.2. The van der Waals surface area contributed by atoms with E-state index in [1.807, 2.05) is 0 Å². The minimum atomic E-state index is -0.0905. The number of fused-ring (bicyclic) bond motifs is 6. The Balaban J connectivity index is 1.08. The van der Waals surface area contributed by atoms with Crippen LogP contribution in [0.1, 0.15) is 25.0 Å². The van der Waals surface area contributed by atoms with Crippen LogP contribution in [-0.4, -0.2) is 0 Å². The fraction of sp³-hybridized carbons (Fsp3) is 0.0526. The molecule has 1 aliphatic carbocycles. The van der Waals surface area contributed by atoms with Crippen molar-refractivity contribution in [1.29, 1.82) is 0 Å². The summed E-state index contributed by atoms with van der Waals surface area (Å²) >= 11 is 0. The van der Waals surface area contributed by atoms with Gasteiger partial charge >= 0.3 is 0 Å². The van der Waals surface area contributed by atoms with E-state index in [2.05, 4.69) is 242 Å². The van der Waals surface area contributed by atoms with Crippen molar-refractivity contribution < 1.29 is 0 Å². The molecule has 0 amide bonds. The SMILES string of the molecule is CC1(C)c2ccccc2-c2ccc(N(c3ccccc3)c3ccc(-c4c5ccccc5c(N(c5ccccc5)c5ccc6ccccc6c5)c5ccccc45)cc3)cc21. The second kappa shape index (κ2) is 13.9. The molecule has 1 aliphatic rings. The third kappa shape index (κ3) is 5.71. The molecule has 0 saturated carbocycles. The number of hydrogen-bond donors (Lipinski definition) is 0. The zero-order valence-corrected chi connectivity index (χ0v) is 33.2. The highest BCUT2D eigenvalue weighted by Gasteiger charge is 2.35. The van der Waals surface area contributed by atoms with E-state index in [0.717, 1.165) is 28.4 Å². The van der Waals surface area contributed by atoms with Crippen molar-refractivity contribution in [2.45, 2.75) is 19.3 Å². The highest BCUT2D eigenvalue weighted by atomic mass is 15.1. The topological polar surface area (TPSA) is 6.48 Å². The van der Waals surface area contributed by atoms with Gasteiger partial charge in [0.1, 0.15) is 0 Å². The minimum Gasteiger partial charge on any atom is -0.310 e. The van der Waals surface area contributed by atoms with Crippen molar-refractivity contribution in [3.63, 3.8) is 0 Å². The number of anilines is 6. The summed E-state index contributed by atoms with van der Waals surface area (Å²) in [7, 11) is 0. The second-order valence-electron chi connectivity index (χ2n) is 16.1. The van der Waals surface area contributed by atoms with Crippen molar-refractivity contribution in [2.75, 3.05) is 9.80 Å². The normalized spacial score (nSPS) is 12.7. The molecule has 59 heavy (non-hydrogen) atoms. The molecule has 0 bridgehead atoms. The lowest BCUT2D eigenvalue weighted by molar-refractivity contribution is 0.660. The van der Waals surface area contributed by atoms with E-state index in [1.165, 1.54) is 71.4 Å². The molecule has 0 aromatic heterocycles. The number of rotatable bonds is 7. The summed E-state index contributed by atoms with van der Waals surface area (Å²) in [5, 5.41) is 7.29. The maximum absolute atomic E-state index is 2.44. The van der Waals surface area contributed by atoms with E-state index in [1.54, 1.807) is 0 Å². The Morgan fingerprint density at radius 3 is 1.47 bits per heavy atom. The molecule has 10 aromatic rings. The van der Waals surface area contributed by atoms with E-state index in [4.69, 9.17) is 0 Å². The Hall–Kier alpha value is -7.42. The quantitative estimate of drug-likeness (QED) is 0.150. The molecule has 0 saturated heterocycles. The van der Waals surface area contributed by atoms with Crippen LogP contribution in [0, 0.1) is 0 Å². The van der Waals surface area contributed by atoms with Crippen molar-refractivity contribution in [3.8, 4) is 22.3 Å². The van der Waals surface area contributed by atoms with Gasteiger partial charge < -0.3 is 9.80 Å². The maximum Gasteiger partial charge on any atom is 0.0618 e. The summed E-state index contributed by atoms with van der Waals surface area (Å²) in [5.74, 6) is 0. The van der Waals surface area contributed by atoms with E-state index >= 15 is 0 Å². The van der Waals surface area contributed by atoms with Crippen molar-refractivity contribution >= 4 is 66.4 Å². The van der Waals surface area contributed by atoms with Crippen molar-refractivity contribution in [2.24, 2.45) is 0 Å². The van der Waals surface area contributed by atoms with Crippen LogP contribution in [-0.2, 0) is 5.41 Å². The van der Waals surface area contributed by atoms with Gasteiger partial charge in [-0.1, -0.05) is 172 Å². The second-order valence-corrected chi connectivity index (χ2v) is 16.1. The van der Waals surface area contributed by atoms with Gasteiger partial charge in [0.25, 0.3) is 0 Å². The van der Waals surface area contributed by atoms with Crippen LogP contribution in [0.3, 0.4) is 0 Å². The number of benzene rings is 10. The van der Waals surface area contributed by atoms with Gasteiger partial charge in [0.15, 0.2) is 0 Å². The fourth-order valence-electron chi connectivity index (χ4n) is 9.59. The molecule has 2 nitrogen and oxygen atoms in total. The molecule has 2 heteroatoms. The lowest BCUT2D eigenvalue weighted by atomic mass is 9.82. The molecular weight excluding hydrogens is 713 g/mol. The first-order chi connectivity index (χ1) is 29.0. The van der Waals surface area contributed by atoms with Gasteiger partial charge in [-0.15, -0.1) is 0 Å². The molecule has 280 valence electrons. The molecule has 0 atom stereocenters. The van der Waals surface area contributed by atoms with Gasteiger partial charge in [-0.3, -0.25) is 0 Å². The van der Waals surface area contributed by atoms with Gasteiger partial charge in [-0.2, -0.15) is 0 Å². The van der Waals surface area contributed by atoms with Crippen LogP contribution >= 0.6 is 0 Å². The standard InChI is InChI=1S/C57H42N2/c1-57(2)53-28-16-15-23-47(53)48-36-35-46(38-54(48)57)58(42-19-5-3-6-20-42)44-32-30-40(31-33-44)55-49-24-11-13-26-51(49)56(52-27-14-12-25-50(52)55)59(43-21-7-4-8-22-43)45-34-29-39-17-9-10-18-41(39)37-45/h3-38H,1-2H3. The Morgan fingerprint density at radius 1 is 0.322 bits per heavy atom. The predicted octanol–water partition coefficient (Wildman–Crippen LogP) is 16.1. The smallest absolute Gasteiger partial charge is 0.0618 e. The third-order valence-electron chi connectivity index (χ3n) is 12.4. The van der Waals surface area contributed by atoms with Gasteiger partial charge in [0, 0.05) is 44.6 Å². The first-order valence-electron chi connectivity index (χ1n) is 20.5. The average molecular weight is 755 g/mol. The molecule has 0 fully saturated rings. The van der Waals surface area contributed by atoms with Gasteiger partial charge in [-0.05, 0) is 116 Å². The van der Waals surface area contributed by atoms with Crippen LogP contribution in [0.25, 0.3) is 54.6 Å². The molecule has 0 spiro atoms. The molecule has 0 unspecified atom stereocenters. The third-order valence-corrected chi connectivity index (χ3v) is 12.4. The molecule has 11 rings (SSSR count). The number of para-hydroxylation sites is 2. The van der Waals surface area contributed by atoms with E-state index in [-0.39, 0.29) is 5.41 Å². The van der Waals surface area contributed by atoms with Crippen LogP contribution in [0.4, 0.5) is 34.1 Å². The van der Waals surface area contributed by atoms with E-state index < -0.39 is 0 Å². The summed E-state index contributed by atoms with van der Waals surface area (Å²) < 4.78 is 0. The molecule has 0 heterocycles. The summed E-state index contributed by atoms with van der Waals surface area (Å²) in [6, 6.07) is 79.9. The Morgan fingerprint density at radius 2 is 0.797 bits per heavy atom. The first-order valence-corrected chi connectivity index (χ1v) is 20.5. The number of hydrogen-bond acceptors (Lipinski definition) is 2. The van der Waals surface area contributed by atoms with Crippen LogP contribution in [0.5, 0.6) is 0 Å². The van der Waals surface area contributed by atoms with E-state index in [9.17, 15) is 0 Å². The average Bonchev–Trinajstić information content (AvgIpc) is 3.52.